The van der Waals surface area contributed by atoms with Gasteiger partial charge in [-0.3, -0.25) is 14.2 Å². The van der Waals surface area contributed by atoms with E-state index >= 15 is 0 Å². The van der Waals surface area contributed by atoms with Crippen LogP contribution < -0.4 is 10.6 Å². The Labute approximate surface area is 190 Å². The molecule has 2 aromatic carbocycles. The maximum absolute atomic E-state index is 13.4. The fourth-order valence-electron chi connectivity index (χ4n) is 2.78. The number of thiazole rings is 1. The van der Waals surface area contributed by atoms with Crippen molar-refractivity contribution in [1.82, 2.24) is 25.1 Å². The lowest BCUT2D eigenvalue weighted by atomic mass is 10.2. The Kier molecular flexibility index (Phi) is 6.87. The summed E-state index contributed by atoms with van der Waals surface area (Å²) in [6.45, 7) is 0.101. The molecule has 2 N–H and O–H groups in total. The van der Waals surface area contributed by atoms with Crippen LogP contribution in [-0.2, 0) is 11.3 Å². The summed E-state index contributed by atoms with van der Waals surface area (Å²) >= 11 is 2.50. The van der Waals surface area contributed by atoms with Crippen molar-refractivity contribution in [1.29, 1.82) is 0 Å². The molecule has 2 amide bonds. The number of hydrogen-bond acceptors (Lipinski definition) is 7. The predicted octanol–water partition coefficient (Wildman–Crippen LogP) is 3.52. The molecule has 11 heteroatoms. The molecule has 0 saturated carbocycles. The van der Waals surface area contributed by atoms with Gasteiger partial charge in [0.25, 0.3) is 5.91 Å². The second-order valence-corrected chi connectivity index (χ2v) is 8.27. The van der Waals surface area contributed by atoms with Crippen molar-refractivity contribution in [2.75, 3.05) is 11.1 Å². The topological polar surface area (TPSA) is 102 Å². The second kappa shape index (κ2) is 10.2. The highest BCUT2D eigenvalue weighted by Crippen LogP contribution is 2.23. The number of benzene rings is 2. The number of carbonyl (C=O) groups excluding carboxylic acids is 2. The third-order valence-electron chi connectivity index (χ3n) is 4.24. The zero-order valence-electron chi connectivity index (χ0n) is 16.6. The van der Waals surface area contributed by atoms with Crippen molar-refractivity contribution in [3.63, 3.8) is 0 Å². The molecule has 0 aliphatic rings. The van der Waals surface area contributed by atoms with Gasteiger partial charge in [-0.2, -0.15) is 0 Å². The third-order valence-corrected chi connectivity index (χ3v) is 5.86. The molecule has 0 saturated heterocycles. The summed E-state index contributed by atoms with van der Waals surface area (Å²) in [5.74, 6) is -0.342. The summed E-state index contributed by atoms with van der Waals surface area (Å²) in [5, 5.41) is 16.6. The van der Waals surface area contributed by atoms with E-state index in [1.807, 2.05) is 6.07 Å². The lowest BCUT2D eigenvalue weighted by Crippen LogP contribution is -2.24. The molecule has 0 aliphatic heterocycles. The lowest BCUT2D eigenvalue weighted by Gasteiger charge is -2.11. The van der Waals surface area contributed by atoms with Gasteiger partial charge in [0.1, 0.15) is 5.82 Å². The van der Waals surface area contributed by atoms with Crippen LogP contribution in [0, 0.1) is 5.82 Å². The lowest BCUT2D eigenvalue weighted by molar-refractivity contribution is -0.113. The summed E-state index contributed by atoms with van der Waals surface area (Å²) in [5.41, 5.74) is 1.14. The Bertz CT molecular complexity index is 1200. The molecule has 4 rings (SSSR count). The van der Waals surface area contributed by atoms with Gasteiger partial charge in [-0.05, 0) is 36.4 Å². The van der Waals surface area contributed by atoms with Crippen LogP contribution in [0.25, 0.3) is 5.69 Å². The van der Waals surface area contributed by atoms with Gasteiger partial charge in [0.05, 0.1) is 12.3 Å². The molecule has 0 spiro atoms. The highest BCUT2D eigenvalue weighted by molar-refractivity contribution is 7.99. The molecule has 0 unspecified atom stereocenters. The van der Waals surface area contributed by atoms with Gasteiger partial charge < -0.3 is 10.6 Å². The Morgan fingerprint density at radius 2 is 1.84 bits per heavy atom. The fourth-order valence-corrected chi connectivity index (χ4v) is 4.10. The molecule has 2 heterocycles. The van der Waals surface area contributed by atoms with Crippen LogP contribution in [0.1, 0.15) is 16.2 Å². The van der Waals surface area contributed by atoms with E-state index in [1.165, 1.54) is 35.2 Å². The van der Waals surface area contributed by atoms with Gasteiger partial charge in [-0.1, -0.05) is 30.0 Å². The highest BCUT2D eigenvalue weighted by atomic mass is 32.2. The van der Waals surface area contributed by atoms with Crippen LogP contribution in [-0.4, -0.2) is 37.3 Å². The van der Waals surface area contributed by atoms with E-state index in [0.29, 0.717) is 27.4 Å². The normalized spacial score (nSPS) is 10.7. The van der Waals surface area contributed by atoms with Crippen molar-refractivity contribution in [2.24, 2.45) is 0 Å². The van der Waals surface area contributed by atoms with E-state index in [2.05, 4.69) is 25.8 Å². The molecule has 4 aromatic rings. The molecule has 0 bridgehead atoms. The first kappa shape index (κ1) is 21.7. The minimum absolute atomic E-state index is 0.0787. The van der Waals surface area contributed by atoms with Gasteiger partial charge in [0, 0.05) is 22.8 Å². The number of halogens is 1. The molecule has 8 nitrogen and oxygen atoms in total. The largest absolute Gasteiger partial charge is 0.345 e. The van der Waals surface area contributed by atoms with Crippen LogP contribution in [0.5, 0.6) is 0 Å². The Hall–Kier alpha value is -3.57. The van der Waals surface area contributed by atoms with Crippen LogP contribution in [0.15, 0.2) is 71.3 Å². The Morgan fingerprint density at radius 3 is 2.56 bits per heavy atom. The van der Waals surface area contributed by atoms with Gasteiger partial charge in [0.2, 0.25) is 5.91 Å². The number of hydrogen-bond donors (Lipinski definition) is 2. The molecular formula is C21H17FN6O2S2. The Morgan fingerprint density at radius 1 is 1.06 bits per heavy atom. The average Bonchev–Trinajstić information content (AvgIpc) is 3.47. The maximum Gasteiger partial charge on any atom is 0.251 e. The first-order valence-corrected chi connectivity index (χ1v) is 11.3. The summed E-state index contributed by atoms with van der Waals surface area (Å²) in [6.07, 6.45) is 1.61. The molecule has 0 fully saturated rings. The van der Waals surface area contributed by atoms with E-state index in [-0.39, 0.29) is 29.9 Å². The van der Waals surface area contributed by atoms with Crippen molar-refractivity contribution < 1.29 is 14.0 Å². The number of amides is 2. The van der Waals surface area contributed by atoms with Crippen LogP contribution in [0.3, 0.4) is 0 Å². The minimum Gasteiger partial charge on any atom is -0.345 e. The zero-order valence-corrected chi connectivity index (χ0v) is 18.2. The highest BCUT2D eigenvalue weighted by Gasteiger charge is 2.17. The molecule has 0 atom stereocenters. The van der Waals surface area contributed by atoms with Crippen molar-refractivity contribution in [2.45, 2.75) is 11.7 Å². The first-order valence-electron chi connectivity index (χ1n) is 9.46. The molecule has 0 radical (unpaired) electrons. The number of anilines is 1. The third kappa shape index (κ3) is 5.37. The van der Waals surface area contributed by atoms with Crippen LogP contribution in [0.4, 0.5) is 9.52 Å². The summed E-state index contributed by atoms with van der Waals surface area (Å²) < 4.78 is 15.1. The monoisotopic (exact) mass is 468 g/mol. The van der Waals surface area contributed by atoms with Crippen LogP contribution >= 0.6 is 23.1 Å². The molecule has 2 aromatic heterocycles. The number of nitrogens with zero attached hydrogens (tertiary/aromatic N) is 4. The van der Waals surface area contributed by atoms with E-state index in [1.54, 1.807) is 52.5 Å². The van der Waals surface area contributed by atoms with Gasteiger partial charge in [0.15, 0.2) is 16.1 Å². The molecule has 32 heavy (non-hydrogen) atoms. The fraction of sp³-hybridized carbons (Fsp3) is 0.0952. The minimum atomic E-state index is -0.377. The summed E-state index contributed by atoms with van der Waals surface area (Å²) in [6, 6.07) is 14.6. The first-order chi connectivity index (χ1) is 15.6. The summed E-state index contributed by atoms with van der Waals surface area (Å²) in [4.78, 5) is 28.7. The number of thioether (sulfide) groups is 1. The summed E-state index contributed by atoms with van der Waals surface area (Å²) in [7, 11) is 0. The second-order valence-electron chi connectivity index (χ2n) is 6.43. The van der Waals surface area contributed by atoms with Crippen molar-refractivity contribution in [3.05, 3.63) is 83.4 Å². The van der Waals surface area contributed by atoms with Gasteiger partial charge in [-0.15, -0.1) is 21.5 Å². The van der Waals surface area contributed by atoms with Gasteiger partial charge >= 0.3 is 0 Å². The van der Waals surface area contributed by atoms with Crippen molar-refractivity contribution in [3.8, 4) is 5.69 Å². The standard InChI is InChI=1S/C21H17FN6O2S2/c22-15-6-8-16(9-7-15)28-17(12-24-19(30)14-4-2-1-3-5-14)26-27-21(28)32-13-18(29)25-20-23-10-11-31-20/h1-11H,12-13H2,(H,24,30)(H,23,25,29). The Balaban J connectivity index is 1.51. The van der Waals surface area contributed by atoms with E-state index in [0.717, 1.165) is 0 Å². The van der Waals surface area contributed by atoms with Crippen LogP contribution in [0.2, 0.25) is 0 Å². The van der Waals surface area contributed by atoms with Gasteiger partial charge in [-0.25, -0.2) is 9.37 Å². The quantitative estimate of drug-likeness (QED) is 0.384. The molecular weight excluding hydrogens is 451 g/mol. The van der Waals surface area contributed by atoms with E-state index < -0.39 is 0 Å². The number of carbonyl (C=O) groups is 2. The molecule has 162 valence electrons. The predicted molar refractivity (Wildman–Crippen MR) is 120 cm³/mol. The SMILES string of the molecule is O=C(CSc1nnc(CNC(=O)c2ccccc2)n1-c1ccc(F)cc1)Nc1nccs1. The van der Waals surface area contributed by atoms with Crippen molar-refractivity contribution >= 4 is 40.0 Å². The molecule has 0 aliphatic carbocycles. The average molecular weight is 469 g/mol. The maximum atomic E-state index is 13.4. The zero-order chi connectivity index (χ0) is 22.3. The smallest absolute Gasteiger partial charge is 0.251 e. The van der Waals surface area contributed by atoms with E-state index in [9.17, 15) is 14.0 Å². The van der Waals surface area contributed by atoms with E-state index in [4.69, 9.17) is 0 Å². The number of aromatic nitrogens is 4. The number of rotatable bonds is 8. The number of nitrogens with one attached hydrogen (secondary N) is 2.